The maximum Gasteiger partial charge on any atom is 0.248 e. The van der Waals surface area contributed by atoms with Crippen LogP contribution >= 0.6 is 0 Å². The van der Waals surface area contributed by atoms with Crippen LogP contribution in [0.1, 0.15) is 42.6 Å². The number of hydrogen-bond acceptors (Lipinski definition) is 5. The van der Waals surface area contributed by atoms with Gasteiger partial charge in [-0.15, -0.1) is 0 Å². The Morgan fingerprint density at radius 1 is 1.03 bits per heavy atom. The topological polar surface area (TPSA) is 95.8 Å². The number of piperidine rings is 1. The van der Waals surface area contributed by atoms with Crippen LogP contribution in [-0.4, -0.2) is 71.9 Å². The zero-order chi connectivity index (χ0) is 24.7. The van der Waals surface area contributed by atoms with Crippen molar-refractivity contribution in [2.75, 3.05) is 37.6 Å². The summed E-state index contributed by atoms with van der Waals surface area (Å²) in [6.45, 7) is 6.09. The first kappa shape index (κ1) is 24.0. The predicted molar refractivity (Wildman–Crippen MR) is 131 cm³/mol. The number of sulfonamides is 1. The number of rotatable bonds is 5. The van der Waals surface area contributed by atoms with Crippen molar-refractivity contribution in [3.05, 3.63) is 41.2 Å². The van der Waals surface area contributed by atoms with E-state index in [1.54, 1.807) is 18.7 Å². The molecule has 0 N–H and O–H groups in total. The van der Waals surface area contributed by atoms with E-state index in [0.29, 0.717) is 37.3 Å². The molecule has 2 aromatic rings. The molecule has 0 saturated carbocycles. The first-order valence-corrected chi connectivity index (χ1v) is 13.9. The lowest BCUT2D eigenvalue weighted by Crippen LogP contribution is -2.46. The van der Waals surface area contributed by atoms with Crippen molar-refractivity contribution in [2.45, 2.75) is 57.4 Å². The number of likely N-dealkylation sites (tertiary alicyclic amines) is 1. The second-order valence-electron chi connectivity index (χ2n) is 9.82. The van der Waals surface area contributed by atoms with Gasteiger partial charge in [-0.05, 0) is 57.6 Å². The number of hydrogen-bond donors (Lipinski definition) is 0. The monoisotopic (exact) mass is 499 g/mol. The number of benzene rings is 1. The molecule has 1 aromatic heterocycles. The van der Waals surface area contributed by atoms with E-state index < -0.39 is 10.0 Å². The van der Waals surface area contributed by atoms with Gasteiger partial charge in [0.15, 0.2) is 0 Å². The molecule has 35 heavy (non-hydrogen) atoms. The molecule has 188 valence electrons. The molecule has 9 nitrogen and oxygen atoms in total. The molecular weight excluding hydrogens is 466 g/mol. The first-order chi connectivity index (χ1) is 16.8. The van der Waals surface area contributed by atoms with E-state index >= 15 is 0 Å². The van der Waals surface area contributed by atoms with Crippen molar-refractivity contribution in [1.29, 1.82) is 0 Å². The molecule has 2 saturated heterocycles. The molecule has 0 aliphatic carbocycles. The van der Waals surface area contributed by atoms with Crippen molar-refractivity contribution < 1.29 is 18.0 Å². The third kappa shape index (κ3) is 4.38. The molecule has 1 aromatic carbocycles. The summed E-state index contributed by atoms with van der Waals surface area (Å²) in [6.07, 6.45) is 4.21. The van der Waals surface area contributed by atoms with Crippen LogP contribution in [0.5, 0.6) is 0 Å². The highest BCUT2D eigenvalue weighted by molar-refractivity contribution is 7.89. The summed E-state index contributed by atoms with van der Waals surface area (Å²) in [7, 11) is -3.84. The predicted octanol–water partition coefficient (Wildman–Crippen LogP) is 2.11. The standard InChI is InChI=1S/C25H33N5O4S/c1-18-24(35(33,34)28-14-7-9-21(16-28)25(32)27-12-5-6-13-27)19(2)30(26-18)17-23(31)29-15-11-20-8-3-4-10-22(20)29/h3-4,8,10,21H,5-7,9,11-17H2,1-2H3/t21-/m0/s1. The number of anilines is 1. The van der Waals surface area contributed by atoms with Crippen LogP contribution in [0.4, 0.5) is 5.69 Å². The summed E-state index contributed by atoms with van der Waals surface area (Å²) < 4.78 is 30.3. The molecule has 5 rings (SSSR count). The Hall–Kier alpha value is -2.72. The quantitative estimate of drug-likeness (QED) is 0.628. The van der Waals surface area contributed by atoms with Crippen molar-refractivity contribution in [3.63, 3.8) is 0 Å². The number of fused-ring (bicyclic) bond motifs is 1. The van der Waals surface area contributed by atoms with Crippen molar-refractivity contribution >= 4 is 27.5 Å². The SMILES string of the molecule is Cc1nn(CC(=O)N2CCc3ccccc32)c(C)c1S(=O)(=O)N1CCC[C@H](C(=O)N2CCCC2)C1. The molecule has 0 bridgehead atoms. The van der Waals surface area contributed by atoms with E-state index in [1.807, 2.05) is 29.2 Å². The van der Waals surface area contributed by atoms with Crippen LogP contribution in [0.15, 0.2) is 29.2 Å². The average Bonchev–Trinajstić information content (AvgIpc) is 3.58. The summed E-state index contributed by atoms with van der Waals surface area (Å²) >= 11 is 0. The highest BCUT2D eigenvalue weighted by Gasteiger charge is 2.38. The van der Waals surface area contributed by atoms with Gasteiger partial charge in [0.25, 0.3) is 0 Å². The Labute approximate surface area is 206 Å². The summed E-state index contributed by atoms with van der Waals surface area (Å²) in [5.74, 6) is -0.342. The van der Waals surface area contributed by atoms with Crippen LogP contribution in [0.2, 0.25) is 0 Å². The lowest BCUT2D eigenvalue weighted by molar-refractivity contribution is -0.135. The van der Waals surface area contributed by atoms with Gasteiger partial charge >= 0.3 is 0 Å². The van der Waals surface area contributed by atoms with Crippen molar-refractivity contribution in [1.82, 2.24) is 19.0 Å². The minimum absolute atomic E-state index is 0.0212. The number of nitrogens with zero attached hydrogens (tertiary/aromatic N) is 5. The van der Waals surface area contributed by atoms with Gasteiger partial charge in [-0.2, -0.15) is 9.40 Å². The number of carbonyl (C=O) groups excluding carboxylic acids is 2. The Bertz CT molecular complexity index is 1250. The van der Waals surface area contributed by atoms with Gasteiger partial charge in [-0.25, -0.2) is 8.42 Å². The number of carbonyl (C=O) groups is 2. The molecule has 3 aliphatic rings. The first-order valence-electron chi connectivity index (χ1n) is 12.5. The maximum absolute atomic E-state index is 13.7. The van der Waals surface area contributed by atoms with Crippen molar-refractivity contribution in [2.24, 2.45) is 5.92 Å². The van der Waals surface area contributed by atoms with Gasteiger partial charge < -0.3 is 9.80 Å². The minimum atomic E-state index is -3.84. The average molecular weight is 500 g/mol. The molecule has 2 fully saturated rings. The van der Waals surface area contributed by atoms with E-state index in [0.717, 1.165) is 43.6 Å². The summed E-state index contributed by atoms with van der Waals surface area (Å²) in [5.41, 5.74) is 2.89. The Morgan fingerprint density at radius 3 is 2.54 bits per heavy atom. The number of aromatic nitrogens is 2. The molecule has 0 spiro atoms. The molecule has 0 radical (unpaired) electrons. The van der Waals surface area contributed by atoms with E-state index in [2.05, 4.69) is 5.10 Å². The highest BCUT2D eigenvalue weighted by Crippen LogP contribution is 2.30. The number of amides is 2. The summed E-state index contributed by atoms with van der Waals surface area (Å²) in [4.78, 5) is 29.8. The zero-order valence-corrected chi connectivity index (χ0v) is 21.3. The summed E-state index contributed by atoms with van der Waals surface area (Å²) in [5, 5.41) is 4.44. The minimum Gasteiger partial charge on any atom is -0.342 e. The van der Waals surface area contributed by atoms with Crippen LogP contribution in [-0.2, 0) is 32.6 Å². The largest absolute Gasteiger partial charge is 0.342 e. The second-order valence-corrected chi connectivity index (χ2v) is 11.7. The molecule has 10 heteroatoms. The normalized spacial score (nSPS) is 20.9. The second kappa shape index (κ2) is 9.39. The molecule has 3 aliphatic heterocycles. The zero-order valence-electron chi connectivity index (χ0n) is 20.4. The van der Waals surface area contributed by atoms with Gasteiger partial charge in [0, 0.05) is 38.4 Å². The van der Waals surface area contributed by atoms with Gasteiger partial charge in [0.1, 0.15) is 11.4 Å². The van der Waals surface area contributed by atoms with Gasteiger partial charge in [0.2, 0.25) is 21.8 Å². The fraction of sp³-hybridized carbons (Fsp3) is 0.560. The molecule has 0 unspecified atom stereocenters. The molecule has 2 amide bonds. The Balaban J connectivity index is 1.34. The smallest absolute Gasteiger partial charge is 0.248 e. The lowest BCUT2D eigenvalue weighted by Gasteiger charge is -2.33. The maximum atomic E-state index is 13.7. The van der Waals surface area contributed by atoms with E-state index in [1.165, 1.54) is 8.99 Å². The van der Waals surface area contributed by atoms with Crippen LogP contribution in [0, 0.1) is 19.8 Å². The molecular formula is C25H33N5O4S. The molecule has 4 heterocycles. The third-order valence-corrected chi connectivity index (χ3v) is 9.66. The fourth-order valence-electron chi connectivity index (χ4n) is 5.71. The van der Waals surface area contributed by atoms with Crippen LogP contribution < -0.4 is 4.90 Å². The van der Waals surface area contributed by atoms with Crippen LogP contribution in [0.3, 0.4) is 0 Å². The highest BCUT2D eigenvalue weighted by atomic mass is 32.2. The Morgan fingerprint density at radius 2 is 1.77 bits per heavy atom. The molecule has 1 atom stereocenters. The van der Waals surface area contributed by atoms with Gasteiger partial charge in [-0.3, -0.25) is 14.3 Å². The van der Waals surface area contributed by atoms with E-state index in [4.69, 9.17) is 0 Å². The number of para-hydroxylation sites is 1. The van der Waals surface area contributed by atoms with Gasteiger partial charge in [0.05, 0.1) is 17.3 Å². The lowest BCUT2D eigenvalue weighted by atomic mass is 9.98. The number of aryl methyl sites for hydroxylation is 1. The van der Waals surface area contributed by atoms with Gasteiger partial charge in [-0.1, -0.05) is 18.2 Å². The summed E-state index contributed by atoms with van der Waals surface area (Å²) in [6, 6.07) is 7.85. The van der Waals surface area contributed by atoms with Crippen LogP contribution in [0.25, 0.3) is 0 Å². The third-order valence-electron chi connectivity index (χ3n) is 7.54. The fourth-order valence-corrected chi connectivity index (χ4v) is 7.60. The Kier molecular flexibility index (Phi) is 6.43. The van der Waals surface area contributed by atoms with E-state index in [-0.39, 0.29) is 35.7 Å². The van der Waals surface area contributed by atoms with E-state index in [9.17, 15) is 18.0 Å². The van der Waals surface area contributed by atoms with Crippen molar-refractivity contribution in [3.8, 4) is 0 Å².